The number of para-hydroxylation sites is 1. The largest absolute Gasteiger partial charge is 0.459 e. The van der Waals surface area contributed by atoms with Gasteiger partial charge in [-0.2, -0.15) is 0 Å². The number of amides is 1. The van der Waals surface area contributed by atoms with Crippen molar-refractivity contribution in [1.29, 1.82) is 0 Å². The van der Waals surface area contributed by atoms with Crippen LogP contribution in [-0.2, 0) is 6.54 Å². The minimum Gasteiger partial charge on any atom is -0.459 e. The first kappa shape index (κ1) is 17.9. The van der Waals surface area contributed by atoms with Crippen LogP contribution in [0.25, 0.3) is 11.3 Å². The Kier molecular flexibility index (Phi) is 5.18. The molecule has 1 heterocycles. The SMILES string of the molecule is Cc1cccc(C(=O)NCc2ccc(-c3ccc(Br)cc3)o2)c1[N+](=O)[O-]. The number of nitro benzene ring substituents is 1. The molecule has 0 radical (unpaired) electrons. The number of halogens is 1. The molecule has 2 aromatic carbocycles. The lowest BCUT2D eigenvalue weighted by molar-refractivity contribution is -0.385. The Labute approximate surface area is 158 Å². The Morgan fingerprint density at radius 3 is 2.58 bits per heavy atom. The number of furan rings is 1. The lowest BCUT2D eigenvalue weighted by Gasteiger charge is -2.06. The number of aryl methyl sites for hydroxylation is 1. The molecule has 0 aliphatic carbocycles. The highest BCUT2D eigenvalue weighted by molar-refractivity contribution is 9.10. The molecule has 1 amide bonds. The van der Waals surface area contributed by atoms with E-state index in [0.717, 1.165) is 10.0 Å². The maximum Gasteiger partial charge on any atom is 0.285 e. The van der Waals surface area contributed by atoms with Gasteiger partial charge < -0.3 is 9.73 Å². The topological polar surface area (TPSA) is 85.4 Å². The van der Waals surface area contributed by atoms with E-state index in [0.29, 0.717) is 17.1 Å². The number of nitrogens with one attached hydrogen (secondary N) is 1. The van der Waals surface area contributed by atoms with Gasteiger partial charge in [0.1, 0.15) is 17.1 Å². The Hall–Kier alpha value is -2.93. The average Bonchev–Trinajstić information content (AvgIpc) is 3.08. The number of carbonyl (C=O) groups excluding carboxylic acids is 1. The molecule has 26 heavy (non-hydrogen) atoms. The van der Waals surface area contributed by atoms with Crippen molar-refractivity contribution in [3.63, 3.8) is 0 Å². The van der Waals surface area contributed by atoms with Crippen LogP contribution in [0.2, 0.25) is 0 Å². The van der Waals surface area contributed by atoms with Crippen molar-refractivity contribution in [3.8, 4) is 11.3 Å². The van der Waals surface area contributed by atoms with Gasteiger partial charge in [-0.1, -0.05) is 40.2 Å². The predicted octanol–water partition coefficient (Wildman–Crippen LogP) is 4.86. The van der Waals surface area contributed by atoms with Crippen molar-refractivity contribution in [1.82, 2.24) is 5.32 Å². The monoisotopic (exact) mass is 414 g/mol. The molecular formula is C19H15BrN2O4. The fraction of sp³-hybridized carbons (Fsp3) is 0.105. The Bertz CT molecular complexity index is 964. The average molecular weight is 415 g/mol. The summed E-state index contributed by atoms with van der Waals surface area (Å²) in [5, 5.41) is 13.9. The van der Waals surface area contributed by atoms with E-state index in [9.17, 15) is 14.9 Å². The van der Waals surface area contributed by atoms with Gasteiger partial charge in [-0.15, -0.1) is 0 Å². The van der Waals surface area contributed by atoms with E-state index in [1.54, 1.807) is 25.1 Å². The lowest BCUT2D eigenvalue weighted by atomic mass is 10.1. The van der Waals surface area contributed by atoms with Crippen LogP contribution in [-0.4, -0.2) is 10.8 Å². The highest BCUT2D eigenvalue weighted by atomic mass is 79.9. The third-order valence-electron chi connectivity index (χ3n) is 3.88. The lowest BCUT2D eigenvalue weighted by Crippen LogP contribution is -2.23. The molecule has 0 bridgehead atoms. The molecular weight excluding hydrogens is 400 g/mol. The summed E-state index contributed by atoms with van der Waals surface area (Å²) < 4.78 is 6.71. The number of benzene rings is 2. The van der Waals surface area contributed by atoms with Crippen molar-refractivity contribution in [3.05, 3.63) is 86.1 Å². The van der Waals surface area contributed by atoms with Crippen LogP contribution < -0.4 is 5.32 Å². The number of rotatable bonds is 5. The summed E-state index contributed by atoms with van der Waals surface area (Å²) in [5.41, 5.74) is 1.22. The van der Waals surface area contributed by atoms with Gasteiger partial charge >= 0.3 is 0 Å². The fourth-order valence-electron chi connectivity index (χ4n) is 2.59. The molecule has 0 spiro atoms. The molecule has 0 atom stereocenters. The standard InChI is InChI=1S/C19H15BrN2O4/c1-12-3-2-4-16(18(12)22(24)25)19(23)21-11-15-9-10-17(26-15)13-5-7-14(20)8-6-13/h2-10H,11H2,1H3,(H,21,23). The van der Waals surface area contributed by atoms with Gasteiger partial charge in [0.15, 0.2) is 0 Å². The first-order valence-electron chi connectivity index (χ1n) is 7.82. The van der Waals surface area contributed by atoms with Gasteiger partial charge in [0.25, 0.3) is 11.6 Å². The van der Waals surface area contributed by atoms with Crippen LogP contribution in [0.15, 0.2) is 63.5 Å². The normalized spacial score (nSPS) is 10.5. The summed E-state index contributed by atoms with van der Waals surface area (Å²) in [7, 11) is 0. The second-order valence-electron chi connectivity index (χ2n) is 5.68. The molecule has 132 valence electrons. The zero-order chi connectivity index (χ0) is 18.7. The van der Waals surface area contributed by atoms with E-state index >= 15 is 0 Å². The van der Waals surface area contributed by atoms with Crippen molar-refractivity contribution in [2.24, 2.45) is 0 Å². The van der Waals surface area contributed by atoms with E-state index in [4.69, 9.17) is 4.42 Å². The molecule has 0 unspecified atom stereocenters. The molecule has 0 aliphatic rings. The fourth-order valence-corrected chi connectivity index (χ4v) is 2.85. The number of nitrogens with zero attached hydrogens (tertiary/aromatic N) is 1. The van der Waals surface area contributed by atoms with Gasteiger partial charge in [-0.25, -0.2) is 0 Å². The van der Waals surface area contributed by atoms with Crippen LogP contribution in [0.3, 0.4) is 0 Å². The third-order valence-corrected chi connectivity index (χ3v) is 4.41. The molecule has 1 aromatic heterocycles. The van der Waals surface area contributed by atoms with E-state index in [2.05, 4.69) is 21.2 Å². The second-order valence-corrected chi connectivity index (χ2v) is 6.60. The van der Waals surface area contributed by atoms with Crippen molar-refractivity contribution in [2.45, 2.75) is 13.5 Å². The second kappa shape index (κ2) is 7.53. The highest BCUT2D eigenvalue weighted by Gasteiger charge is 2.22. The molecule has 0 aliphatic heterocycles. The smallest absolute Gasteiger partial charge is 0.285 e. The first-order valence-corrected chi connectivity index (χ1v) is 8.62. The van der Waals surface area contributed by atoms with E-state index in [1.807, 2.05) is 30.3 Å². The summed E-state index contributed by atoms with van der Waals surface area (Å²) in [5.74, 6) is 0.733. The Balaban J connectivity index is 1.72. The van der Waals surface area contributed by atoms with Gasteiger partial charge in [-0.3, -0.25) is 14.9 Å². The molecule has 0 saturated heterocycles. The molecule has 1 N–H and O–H groups in total. The van der Waals surface area contributed by atoms with Crippen LogP contribution in [0.1, 0.15) is 21.7 Å². The molecule has 0 saturated carbocycles. The summed E-state index contributed by atoms with van der Waals surface area (Å²) in [6.07, 6.45) is 0. The maximum absolute atomic E-state index is 12.3. The zero-order valence-corrected chi connectivity index (χ0v) is 15.4. The maximum atomic E-state index is 12.3. The van der Waals surface area contributed by atoms with Crippen molar-refractivity contribution < 1.29 is 14.1 Å². The number of hydrogen-bond donors (Lipinski definition) is 1. The molecule has 3 rings (SSSR count). The minimum absolute atomic E-state index is 0.0367. The molecule has 3 aromatic rings. The van der Waals surface area contributed by atoms with Crippen LogP contribution >= 0.6 is 15.9 Å². The number of hydrogen-bond acceptors (Lipinski definition) is 4. The highest BCUT2D eigenvalue weighted by Crippen LogP contribution is 2.25. The summed E-state index contributed by atoms with van der Waals surface area (Å²) in [4.78, 5) is 23.0. The van der Waals surface area contributed by atoms with E-state index < -0.39 is 10.8 Å². The molecule has 7 heteroatoms. The molecule has 0 fully saturated rings. The zero-order valence-electron chi connectivity index (χ0n) is 13.9. The summed E-state index contributed by atoms with van der Waals surface area (Å²) >= 11 is 3.38. The van der Waals surface area contributed by atoms with Crippen LogP contribution in [0, 0.1) is 17.0 Å². The number of carbonyl (C=O) groups is 1. The van der Waals surface area contributed by atoms with Crippen LogP contribution in [0.5, 0.6) is 0 Å². The first-order chi connectivity index (χ1) is 12.5. The van der Waals surface area contributed by atoms with Gasteiger partial charge in [0.2, 0.25) is 0 Å². The summed E-state index contributed by atoms with van der Waals surface area (Å²) in [6.45, 7) is 1.74. The quantitative estimate of drug-likeness (QED) is 0.477. The van der Waals surface area contributed by atoms with Gasteiger partial charge in [0.05, 0.1) is 11.5 Å². The Morgan fingerprint density at radius 1 is 1.15 bits per heavy atom. The van der Waals surface area contributed by atoms with Crippen LogP contribution in [0.4, 0.5) is 5.69 Å². The third kappa shape index (κ3) is 3.83. The summed E-state index contributed by atoms with van der Waals surface area (Å²) in [6, 6.07) is 15.9. The van der Waals surface area contributed by atoms with Crippen molar-refractivity contribution >= 4 is 27.5 Å². The predicted molar refractivity (Wildman–Crippen MR) is 101 cm³/mol. The van der Waals surface area contributed by atoms with E-state index in [-0.39, 0.29) is 17.8 Å². The van der Waals surface area contributed by atoms with Gasteiger partial charge in [0, 0.05) is 15.6 Å². The molecule has 6 nitrogen and oxygen atoms in total. The van der Waals surface area contributed by atoms with Gasteiger partial charge in [-0.05, 0) is 37.3 Å². The van der Waals surface area contributed by atoms with E-state index in [1.165, 1.54) is 6.07 Å². The van der Waals surface area contributed by atoms with Crippen molar-refractivity contribution in [2.75, 3.05) is 0 Å². The Morgan fingerprint density at radius 2 is 1.88 bits per heavy atom. The number of nitro groups is 1. The minimum atomic E-state index is -0.539.